The van der Waals surface area contributed by atoms with Crippen molar-refractivity contribution in [1.29, 1.82) is 0 Å². The predicted molar refractivity (Wildman–Crippen MR) is 67.5 cm³/mol. The summed E-state index contributed by atoms with van der Waals surface area (Å²) in [7, 11) is -4.10. The third kappa shape index (κ3) is 5.10. The molecule has 0 radical (unpaired) electrons. The van der Waals surface area contributed by atoms with E-state index in [0.29, 0.717) is 0 Å². The first-order chi connectivity index (χ1) is 9.15. The van der Waals surface area contributed by atoms with Gasteiger partial charge in [0.15, 0.2) is 6.61 Å². The second kappa shape index (κ2) is 6.55. The van der Waals surface area contributed by atoms with Crippen molar-refractivity contribution in [1.82, 2.24) is 4.89 Å². The van der Waals surface area contributed by atoms with Crippen molar-refractivity contribution in [2.75, 3.05) is 6.61 Å². The summed E-state index contributed by atoms with van der Waals surface area (Å²) in [4.78, 5) is 5.25. The Morgan fingerprint density at radius 2 is 1.80 bits per heavy atom. The zero-order chi connectivity index (χ0) is 15.4. The van der Waals surface area contributed by atoms with Gasteiger partial charge in [-0.25, -0.2) is 8.42 Å². The molecule has 114 valence electrons. The number of halogens is 3. The summed E-state index contributed by atoms with van der Waals surface area (Å²) in [5.74, 6) is 0.279. The van der Waals surface area contributed by atoms with Gasteiger partial charge in [0.1, 0.15) is 0 Å². The van der Waals surface area contributed by atoms with E-state index in [1.165, 1.54) is 17.0 Å². The van der Waals surface area contributed by atoms with Crippen molar-refractivity contribution in [3.8, 4) is 0 Å². The number of alkyl halides is 3. The van der Waals surface area contributed by atoms with Crippen molar-refractivity contribution in [2.24, 2.45) is 0 Å². The smallest absolute Gasteiger partial charge is 0.277 e. The average molecular weight is 311 g/mol. The first kappa shape index (κ1) is 16.9. The Balaban J connectivity index is 2.73. The van der Waals surface area contributed by atoms with E-state index >= 15 is 0 Å². The fraction of sp³-hybridized carbons (Fsp3) is 0.500. The van der Waals surface area contributed by atoms with Crippen LogP contribution in [0.5, 0.6) is 0 Å². The van der Waals surface area contributed by atoms with Gasteiger partial charge in [-0.2, -0.15) is 13.2 Å². The molecule has 0 amide bonds. The van der Waals surface area contributed by atoms with Gasteiger partial charge in [-0.05, 0) is 30.0 Å². The Labute approximate surface area is 115 Å². The third-order valence-electron chi connectivity index (χ3n) is 2.78. The van der Waals surface area contributed by atoms with E-state index in [-0.39, 0.29) is 10.8 Å². The maximum atomic E-state index is 11.9. The minimum Gasteiger partial charge on any atom is -0.277 e. The van der Waals surface area contributed by atoms with Gasteiger partial charge in [-0.3, -0.25) is 4.84 Å². The van der Waals surface area contributed by atoms with Crippen LogP contribution in [0, 0.1) is 0 Å². The van der Waals surface area contributed by atoms with Gasteiger partial charge < -0.3 is 0 Å². The van der Waals surface area contributed by atoms with E-state index in [4.69, 9.17) is 0 Å². The number of hydrogen-bond acceptors (Lipinski definition) is 3. The van der Waals surface area contributed by atoms with Gasteiger partial charge >= 0.3 is 6.18 Å². The lowest BCUT2D eigenvalue weighted by Gasteiger charge is -2.11. The first-order valence-corrected chi connectivity index (χ1v) is 7.44. The topological polar surface area (TPSA) is 55.4 Å². The Morgan fingerprint density at radius 1 is 1.25 bits per heavy atom. The fourth-order valence-corrected chi connectivity index (χ4v) is 2.25. The maximum Gasteiger partial charge on any atom is 0.413 e. The fourth-order valence-electron chi connectivity index (χ4n) is 1.45. The minimum absolute atomic E-state index is 0.147. The van der Waals surface area contributed by atoms with Crippen molar-refractivity contribution in [2.45, 2.75) is 37.3 Å². The Kier molecular flexibility index (Phi) is 5.55. The van der Waals surface area contributed by atoms with Gasteiger partial charge in [0.2, 0.25) is 0 Å². The molecule has 1 N–H and O–H groups in total. The second-order valence-corrected chi connectivity index (χ2v) is 6.01. The van der Waals surface area contributed by atoms with Crippen LogP contribution in [0.3, 0.4) is 0 Å². The summed E-state index contributed by atoms with van der Waals surface area (Å²) in [6.07, 6.45) is -3.69. The van der Waals surface area contributed by atoms with Gasteiger partial charge in [-0.1, -0.05) is 30.9 Å². The summed E-state index contributed by atoms with van der Waals surface area (Å²) in [5.41, 5.74) is 0.961. The molecule has 1 aromatic carbocycles. The zero-order valence-corrected chi connectivity index (χ0v) is 11.9. The highest BCUT2D eigenvalue weighted by atomic mass is 32.2. The molecule has 0 fully saturated rings. The standard InChI is InChI=1S/C12H16F3NO3S/c1-3-9(2)10-4-6-11(7-5-10)20(17,18)16-19-8-12(13,14)15/h4-7,9,16H,3,8H2,1-2H3. The number of rotatable bonds is 6. The van der Waals surface area contributed by atoms with Crippen molar-refractivity contribution in [3.63, 3.8) is 0 Å². The number of sulfonamides is 1. The summed E-state index contributed by atoms with van der Waals surface area (Å²) in [5, 5.41) is 0. The maximum absolute atomic E-state index is 11.9. The van der Waals surface area contributed by atoms with Crippen LogP contribution in [0.15, 0.2) is 29.2 Å². The van der Waals surface area contributed by atoms with Crippen LogP contribution in [0.1, 0.15) is 31.7 Å². The lowest BCUT2D eigenvalue weighted by Crippen LogP contribution is -2.29. The van der Waals surface area contributed by atoms with E-state index in [1.54, 1.807) is 12.1 Å². The molecule has 1 atom stereocenters. The molecule has 0 aromatic heterocycles. The van der Waals surface area contributed by atoms with Crippen LogP contribution in [-0.4, -0.2) is 21.2 Å². The largest absolute Gasteiger partial charge is 0.413 e. The quantitative estimate of drug-likeness (QED) is 0.822. The summed E-state index contributed by atoms with van der Waals surface area (Å²) >= 11 is 0. The van der Waals surface area contributed by atoms with Crippen LogP contribution in [0.2, 0.25) is 0 Å². The Morgan fingerprint density at radius 3 is 2.25 bits per heavy atom. The van der Waals surface area contributed by atoms with Crippen LogP contribution in [-0.2, 0) is 14.9 Å². The van der Waals surface area contributed by atoms with E-state index in [2.05, 4.69) is 4.84 Å². The molecule has 0 bridgehead atoms. The molecule has 4 nitrogen and oxygen atoms in total. The summed E-state index contributed by atoms with van der Waals surface area (Å²) < 4.78 is 58.9. The molecule has 20 heavy (non-hydrogen) atoms. The van der Waals surface area contributed by atoms with E-state index < -0.39 is 22.8 Å². The Bertz CT molecular complexity index is 526. The molecule has 0 aliphatic carbocycles. The minimum atomic E-state index is -4.59. The zero-order valence-electron chi connectivity index (χ0n) is 11.1. The molecule has 0 spiro atoms. The second-order valence-electron chi connectivity index (χ2n) is 4.37. The molecule has 8 heteroatoms. The highest BCUT2D eigenvalue weighted by Crippen LogP contribution is 2.20. The van der Waals surface area contributed by atoms with Gasteiger partial charge in [-0.15, -0.1) is 0 Å². The van der Waals surface area contributed by atoms with Crippen LogP contribution >= 0.6 is 0 Å². The van der Waals surface area contributed by atoms with Crippen molar-refractivity contribution < 1.29 is 26.4 Å². The van der Waals surface area contributed by atoms with E-state index in [9.17, 15) is 21.6 Å². The monoisotopic (exact) mass is 311 g/mol. The van der Waals surface area contributed by atoms with Crippen molar-refractivity contribution in [3.05, 3.63) is 29.8 Å². The van der Waals surface area contributed by atoms with Gasteiger partial charge in [0.05, 0.1) is 4.90 Å². The third-order valence-corrected chi connectivity index (χ3v) is 4.01. The lowest BCUT2D eigenvalue weighted by molar-refractivity contribution is -0.181. The average Bonchev–Trinajstić information content (AvgIpc) is 2.36. The van der Waals surface area contributed by atoms with E-state index in [0.717, 1.165) is 12.0 Å². The lowest BCUT2D eigenvalue weighted by atomic mass is 9.99. The van der Waals surface area contributed by atoms with Crippen LogP contribution in [0.25, 0.3) is 0 Å². The molecule has 0 saturated heterocycles. The molecule has 0 aliphatic rings. The molecule has 1 aromatic rings. The molecule has 1 unspecified atom stereocenters. The van der Waals surface area contributed by atoms with Crippen LogP contribution < -0.4 is 4.89 Å². The molecule has 0 heterocycles. The highest BCUT2D eigenvalue weighted by Gasteiger charge is 2.29. The molecule has 0 saturated carbocycles. The molecule has 0 aliphatic heterocycles. The van der Waals surface area contributed by atoms with Crippen molar-refractivity contribution >= 4 is 10.0 Å². The number of hydrogen-bond donors (Lipinski definition) is 1. The Hall–Kier alpha value is -1.12. The number of benzene rings is 1. The predicted octanol–water partition coefficient (Wildman–Crippen LogP) is 2.97. The molecular formula is C12H16F3NO3S. The van der Waals surface area contributed by atoms with Gasteiger partial charge in [0.25, 0.3) is 10.0 Å². The normalized spacial score (nSPS) is 14.2. The van der Waals surface area contributed by atoms with Gasteiger partial charge in [0, 0.05) is 0 Å². The molecule has 1 rings (SSSR count). The first-order valence-electron chi connectivity index (χ1n) is 5.96. The number of nitrogens with one attached hydrogen (secondary N) is 1. The SMILES string of the molecule is CCC(C)c1ccc(S(=O)(=O)NOCC(F)(F)F)cc1. The summed E-state index contributed by atoms with van der Waals surface area (Å²) in [6, 6.07) is 5.93. The van der Waals surface area contributed by atoms with E-state index in [1.807, 2.05) is 13.8 Å². The summed E-state index contributed by atoms with van der Waals surface area (Å²) in [6.45, 7) is 2.31. The van der Waals surface area contributed by atoms with Crippen LogP contribution in [0.4, 0.5) is 13.2 Å². The molecular weight excluding hydrogens is 295 g/mol. The highest BCUT2D eigenvalue weighted by molar-refractivity contribution is 7.89.